The molecule has 1 N–H and O–H groups in total. The van der Waals surface area contributed by atoms with Crippen LogP contribution < -0.4 is 5.32 Å². The zero-order chi connectivity index (χ0) is 11.3. The van der Waals surface area contributed by atoms with Crippen LogP contribution in [0.4, 0.5) is 0 Å². The van der Waals surface area contributed by atoms with Crippen molar-refractivity contribution in [1.29, 1.82) is 5.26 Å². The Morgan fingerprint density at radius 3 is 2.87 bits per heavy atom. The smallest absolute Gasteiger partial charge is 0.125 e. The van der Waals surface area contributed by atoms with Gasteiger partial charge in [0.1, 0.15) is 5.82 Å². The second-order valence-corrected chi connectivity index (χ2v) is 3.75. The first-order chi connectivity index (χ1) is 7.19. The van der Waals surface area contributed by atoms with Gasteiger partial charge in [0, 0.05) is 25.5 Å². The van der Waals surface area contributed by atoms with E-state index in [0.717, 1.165) is 12.2 Å². The molecule has 0 saturated carbocycles. The van der Waals surface area contributed by atoms with Gasteiger partial charge in [0.05, 0.1) is 18.5 Å². The molecule has 2 atom stereocenters. The Morgan fingerprint density at radius 2 is 2.40 bits per heavy atom. The van der Waals surface area contributed by atoms with Crippen LogP contribution in [-0.2, 0) is 7.05 Å². The molecule has 1 aromatic heterocycles. The topological polar surface area (TPSA) is 53.6 Å². The second-order valence-electron chi connectivity index (χ2n) is 3.75. The molecule has 4 nitrogen and oxygen atoms in total. The number of hydrogen-bond acceptors (Lipinski definition) is 3. The highest BCUT2D eigenvalue weighted by molar-refractivity contribution is 4.98. The van der Waals surface area contributed by atoms with Gasteiger partial charge in [-0.15, -0.1) is 0 Å². The Morgan fingerprint density at radius 1 is 1.67 bits per heavy atom. The zero-order valence-corrected chi connectivity index (χ0v) is 9.57. The number of nitriles is 1. The SMILES string of the molecule is CCC(CC#N)NC(C)c1nccn1C. The molecule has 1 aromatic rings. The summed E-state index contributed by atoms with van der Waals surface area (Å²) in [5.41, 5.74) is 0. The molecule has 0 aromatic carbocycles. The van der Waals surface area contributed by atoms with E-state index in [1.807, 2.05) is 17.8 Å². The first kappa shape index (κ1) is 11.7. The van der Waals surface area contributed by atoms with Gasteiger partial charge in [-0.2, -0.15) is 5.26 Å². The third-order valence-corrected chi connectivity index (χ3v) is 2.56. The molecule has 0 aliphatic rings. The van der Waals surface area contributed by atoms with Gasteiger partial charge < -0.3 is 9.88 Å². The summed E-state index contributed by atoms with van der Waals surface area (Å²) in [6.07, 6.45) is 5.23. The monoisotopic (exact) mass is 206 g/mol. The summed E-state index contributed by atoms with van der Waals surface area (Å²) in [4.78, 5) is 4.28. The quantitative estimate of drug-likeness (QED) is 0.798. The third kappa shape index (κ3) is 3.07. The van der Waals surface area contributed by atoms with Gasteiger partial charge >= 0.3 is 0 Å². The van der Waals surface area contributed by atoms with Gasteiger partial charge in [-0.3, -0.25) is 0 Å². The molecule has 15 heavy (non-hydrogen) atoms. The van der Waals surface area contributed by atoms with E-state index in [-0.39, 0.29) is 12.1 Å². The molecule has 0 spiro atoms. The van der Waals surface area contributed by atoms with Gasteiger partial charge in [-0.25, -0.2) is 4.98 Å². The third-order valence-electron chi connectivity index (χ3n) is 2.56. The van der Waals surface area contributed by atoms with E-state index in [4.69, 9.17) is 5.26 Å². The van der Waals surface area contributed by atoms with Crippen molar-refractivity contribution in [3.63, 3.8) is 0 Å². The minimum Gasteiger partial charge on any atom is -0.337 e. The Balaban J connectivity index is 2.59. The van der Waals surface area contributed by atoms with E-state index in [1.165, 1.54) is 0 Å². The van der Waals surface area contributed by atoms with Gasteiger partial charge in [-0.05, 0) is 13.3 Å². The summed E-state index contributed by atoms with van der Waals surface area (Å²) in [7, 11) is 1.98. The van der Waals surface area contributed by atoms with E-state index in [1.54, 1.807) is 6.20 Å². The normalized spacial score (nSPS) is 14.5. The lowest BCUT2D eigenvalue weighted by Crippen LogP contribution is -2.32. The molecule has 0 aliphatic carbocycles. The van der Waals surface area contributed by atoms with Crippen LogP contribution >= 0.6 is 0 Å². The van der Waals surface area contributed by atoms with Crippen molar-refractivity contribution in [3.05, 3.63) is 18.2 Å². The summed E-state index contributed by atoms with van der Waals surface area (Å²) in [5, 5.41) is 12.1. The molecule has 1 heterocycles. The van der Waals surface area contributed by atoms with Gasteiger partial charge in [0.25, 0.3) is 0 Å². The molecule has 0 fully saturated rings. The molecule has 1 rings (SSSR count). The highest BCUT2D eigenvalue weighted by Crippen LogP contribution is 2.11. The molecule has 0 aliphatic heterocycles. The van der Waals surface area contributed by atoms with Crippen molar-refractivity contribution in [1.82, 2.24) is 14.9 Å². The minimum atomic E-state index is 0.184. The Bertz CT molecular complexity index is 337. The lowest BCUT2D eigenvalue weighted by molar-refractivity contribution is 0.429. The highest BCUT2D eigenvalue weighted by atomic mass is 15.1. The zero-order valence-electron chi connectivity index (χ0n) is 9.57. The van der Waals surface area contributed by atoms with Crippen molar-refractivity contribution in [3.8, 4) is 6.07 Å². The average molecular weight is 206 g/mol. The number of aromatic nitrogens is 2. The van der Waals surface area contributed by atoms with E-state index in [0.29, 0.717) is 6.42 Å². The van der Waals surface area contributed by atoms with Gasteiger partial charge in [-0.1, -0.05) is 6.92 Å². The van der Waals surface area contributed by atoms with Crippen LogP contribution in [0.1, 0.15) is 38.6 Å². The number of hydrogen-bond donors (Lipinski definition) is 1. The summed E-state index contributed by atoms with van der Waals surface area (Å²) in [5.74, 6) is 1.01. The fourth-order valence-electron chi connectivity index (χ4n) is 1.65. The fourth-order valence-corrected chi connectivity index (χ4v) is 1.65. The summed E-state index contributed by atoms with van der Waals surface area (Å²) < 4.78 is 2.00. The molecular formula is C11H18N4. The maximum absolute atomic E-state index is 8.65. The van der Waals surface area contributed by atoms with Crippen LogP contribution in [0.2, 0.25) is 0 Å². The maximum atomic E-state index is 8.65. The van der Waals surface area contributed by atoms with E-state index in [9.17, 15) is 0 Å². The number of nitrogens with zero attached hydrogens (tertiary/aromatic N) is 3. The number of aryl methyl sites for hydroxylation is 1. The van der Waals surface area contributed by atoms with E-state index >= 15 is 0 Å². The van der Waals surface area contributed by atoms with Gasteiger partial charge in [0.2, 0.25) is 0 Å². The Kier molecular flexibility index (Phi) is 4.32. The van der Waals surface area contributed by atoms with Crippen LogP contribution in [0, 0.1) is 11.3 Å². The number of rotatable bonds is 5. The van der Waals surface area contributed by atoms with Crippen LogP contribution in [0.15, 0.2) is 12.4 Å². The van der Waals surface area contributed by atoms with Crippen LogP contribution in [0.3, 0.4) is 0 Å². The largest absolute Gasteiger partial charge is 0.337 e. The molecule has 2 unspecified atom stereocenters. The fraction of sp³-hybridized carbons (Fsp3) is 0.636. The van der Waals surface area contributed by atoms with Crippen molar-refractivity contribution >= 4 is 0 Å². The number of imidazole rings is 1. The first-order valence-corrected chi connectivity index (χ1v) is 5.29. The molecule has 82 valence electrons. The number of nitrogens with one attached hydrogen (secondary N) is 1. The lowest BCUT2D eigenvalue weighted by Gasteiger charge is -2.19. The molecular weight excluding hydrogens is 188 g/mol. The lowest BCUT2D eigenvalue weighted by atomic mass is 10.1. The molecule has 0 saturated heterocycles. The molecule has 0 radical (unpaired) electrons. The highest BCUT2D eigenvalue weighted by Gasteiger charge is 2.14. The Labute approximate surface area is 90.9 Å². The second kappa shape index (κ2) is 5.52. The minimum absolute atomic E-state index is 0.184. The average Bonchev–Trinajstić information content (AvgIpc) is 2.63. The predicted molar refractivity (Wildman–Crippen MR) is 59.1 cm³/mol. The predicted octanol–water partition coefficient (Wildman–Crippen LogP) is 1.76. The maximum Gasteiger partial charge on any atom is 0.125 e. The standard InChI is InChI=1S/C11H18N4/c1-4-10(5-6-12)14-9(2)11-13-7-8-15(11)3/h7-10,14H,4-5H2,1-3H3. The summed E-state index contributed by atoms with van der Waals surface area (Å²) in [6.45, 7) is 4.16. The molecule has 0 amide bonds. The van der Waals surface area contributed by atoms with Crippen molar-refractivity contribution in [2.45, 2.75) is 38.8 Å². The van der Waals surface area contributed by atoms with Crippen molar-refractivity contribution in [2.24, 2.45) is 7.05 Å². The summed E-state index contributed by atoms with van der Waals surface area (Å²) in [6, 6.07) is 2.63. The van der Waals surface area contributed by atoms with Gasteiger partial charge in [0.15, 0.2) is 0 Å². The Hall–Kier alpha value is -1.34. The van der Waals surface area contributed by atoms with Crippen LogP contribution in [0.25, 0.3) is 0 Å². The van der Waals surface area contributed by atoms with E-state index < -0.39 is 0 Å². The van der Waals surface area contributed by atoms with E-state index in [2.05, 4.69) is 30.2 Å². The van der Waals surface area contributed by atoms with Crippen LogP contribution in [-0.4, -0.2) is 15.6 Å². The summed E-state index contributed by atoms with van der Waals surface area (Å²) >= 11 is 0. The van der Waals surface area contributed by atoms with Crippen molar-refractivity contribution in [2.75, 3.05) is 0 Å². The molecule has 0 bridgehead atoms. The van der Waals surface area contributed by atoms with Crippen molar-refractivity contribution < 1.29 is 0 Å². The first-order valence-electron chi connectivity index (χ1n) is 5.29. The molecule has 4 heteroatoms. The van der Waals surface area contributed by atoms with Crippen LogP contribution in [0.5, 0.6) is 0 Å².